The Morgan fingerprint density at radius 3 is 1.72 bits per heavy atom. The van der Waals surface area contributed by atoms with E-state index in [1.165, 1.54) is 45.3 Å². The van der Waals surface area contributed by atoms with Crippen LogP contribution in [0, 0.1) is 11.8 Å². The van der Waals surface area contributed by atoms with Crippen molar-refractivity contribution >= 4 is 0 Å². The lowest BCUT2D eigenvalue weighted by molar-refractivity contribution is 0.217. The quantitative estimate of drug-likeness (QED) is 0.605. The second kappa shape index (κ2) is 10.8. The zero-order chi connectivity index (χ0) is 14.0. The van der Waals surface area contributed by atoms with E-state index >= 15 is 0 Å². The molecule has 0 aliphatic carbocycles. The Kier molecular flexibility index (Phi) is 10.8. The largest absolute Gasteiger partial charge is 0.316 e. The molecule has 0 aromatic rings. The highest BCUT2D eigenvalue weighted by Gasteiger charge is 2.12. The van der Waals surface area contributed by atoms with Crippen molar-refractivity contribution in [2.45, 2.75) is 66.3 Å². The van der Waals surface area contributed by atoms with Gasteiger partial charge in [0.2, 0.25) is 0 Å². The SMILES string of the molecule is CCCC(CN(CCC(C)C)CCC(C)C)NC. The molecule has 0 rings (SSSR count). The second-order valence-electron chi connectivity index (χ2n) is 6.44. The van der Waals surface area contributed by atoms with Crippen molar-refractivity contribution in [3.63, 3.8) is 0 Å². The number of hydrogen-bond donors (Lipinski definition) is 1. The van der Waals surface area contributed by atoms with Gasteiger partial charge >= 0.3 is 0 Å². The van der Waals surface area contributed by atoms with Crippen LogP contribution in [0.25, 0.3) is 0 Å². The molecule has 1 N–H and O–H groups in total. The van der Waals surface area contributed by atoms with Crippen LogP contribution in [0.15, 0.2) is 0 Å². The van der Waals surface area contributed by atoms with Crippen molar-refractivity contribution in [1.29, 1.82) is 0 Å². The third kappa shape index (κ3) is 9.90. The van der Waals surface area contributed by atoms with E-state index in [2.05, 4.69) is 51.9 Å². The maximum atomic E-state index is 3.47. The molecular weight excluding hydrogens is 220 g/mol. The molecule has 0 spiro atoms. The van der Waals surface area contributed by atoms with Gasteiger partial charge in [-0.15, -0.1) is 0 Å². The lowest BCUT2D eigenvalue weighted by Crippen LogP contribution is -2.40. The molecule has 0 heterocycles. The highest BCUT2D eigenvalue weighted by Crippen LogP contribution is 2.08. The monoisotopic (exact) mass is 256 g/mol. The lowest BCUT2D eigenvalue weighted by atomic mass is 10.1. The number of hydrogen-bond acceptors (Lipinski definition) is 2. The van der Waals surface area contributed by atoms with Crippen molar-refractivity contribution in [3.8, 4) is 0 Å². The summed E-state index contributed by atoms with van der Waals surface area (Å²) < 4.78 is 0. The maximum absolute atomic E-state index is 3.47. The fourth-order valence-electron chi connectivity index (χ4n) is 2.16. The Bertz CT molecular complexity index is 166. The predicted molar refractivity (Wildman–Crippen MR) is 83.1 cm³/mol. The van der Waals surface area contributed by atoms with Crippen molar-refractivity contribution in [3.05, 3.63) is 0 Å². The molecule has 0 aliphatic rings. The third-order valence-corrected chi connectivity index (χ3v) is 3.57. The van der Waals surface area contributed by atoms with Gasteiger partial charge in [-0.25, -0.2) is 0 Å². The van der Waals surface area contributed by atoms with E-state index < -0.39 is 0 Å². The average Bonchev–Trinajstić information content (AvgIpc) is 2.31. The average molecular weight is 256 g/mol. The van der Waals surface area contributed by atoms with Gasteiger partial charge in [0.1, 0.15) is 0 Å². The first-order valence-electron chi connectivity index (χ1n) is 7.89. The lowest BCUT2D eigenvalue weighted by Gasteiger charge is -2.28. The molecule has 2 nitrogen and oxygen atoms in total. The molecule has 2 heteroatoms. The first-order valence-corrected chi connectivity index (χ1v) is 7.89. The molecule has 0 aliphatic heterocycles. The molecule has 0 saturated carbocycles. The highest BCUT2D eigenvalue weighted by molar-refractivity contribution is 4.71. The molecule has 0 fully saturated rings. The molecule has 0 aromatic carbocycles. The summed E-state index contributed by atoms with van der Waals surface area (Å²) in [5.74, 6) is 1.62. The molecule has 0 radical (unpaired) electrons. The Labute approximate surface area is 116 Å². The Morgan fingerprint density at radius 2 is 1.39 bits per heavy atom. The van der Waals surface area contributed by atoms with Gasteiger partial charge in [0, 0.05) is 12.6 Å². The van der Waals surface area contributed by atoms with E-state index in [9.17, 15) is 0 Å². The summed E-state index contributed by atoms with van der Waals surface area (Å²) in [6, 6.07) is 0.661. The molecule has 0 amide bonds. The van der Waals surface area contributed by atoms with Gasteiger partial charge in [0.25, 0.3) is 0 Å². The minimum Gasteiger partial charge on any atom is -0.316 e. The minimum atomic E-state index is 0.661. The zero-order valence-electron chi connectivity index (χ0n) is 13.6. The summed E-state index contributed by atoms with van der Waals surface area (Å²) in [5.41, 5.74) is 0. The highest BCUT2D eigenvalue weighted by atomic mass is 15.1. The molecular formula is C16H36N2. The summed E-state index contributed by atoms with van der Waals surface area (Å²) in [6.45, 7) is 15.3. The summed E-state index contributed by atoms with van der Waals surface area (Å²) in [6.07, 6.45) is 5.20. The topological polar surface area (TPSA) is 15.3 Å². The smallest absolute Gasteiger partial charge is 0.0191 e. The summed E-state index contributed by atoms with van der Waals surface area (Å²) >= 11 is 0. The van der Waals surface area contributed by atoms with E-state index in [1.807, 2.05) is 0 Å². The van der Waals surface area contributed by atoms with Gasteiger partial charge in [-0.1, -0.05) is 41.0 Å². The Morgan fingerprint density at radius 1 is 0.889 bits per heavy atom. The third-order valence-electron chi connectivity index (χ3n) is 3.57. The van der Waals surface area contributed by atoms with Crippen LogP contribution in [-0.2, 0) is 0 Å². The van der Waals surface area contributed by atoms with Gasteiger partial charge in [-0.2, -0.15) is 0 Å². The van der Waals surface area contributed by atoms with Crippen molar-refractivity contribution < 1.29 is 0 Å². The van der Waals surface area contributed by atoms with Gasteiger partial charge in [-0.3, -0.25) is 0 Å². The minimum absolute atomic E-state index is 0.661. The van der Waals surface area contributed by atoms with E-state index in [0.717, 1.165) is 11.8 Å². The maximum Gasteiger partial charge on any atom is 0.0191 e. The zero-order valence-corrected chi connectivity index (χ0v) is 13.6. The van der Waals surface area contributed by atoms with E-state index in [0.29, 0.717) is 6.04 Å². The molecule has 0 saturated heterocycles. The van der Waals surface area contributed by atoms with Crippen molar-refractivity contribution in [2.75, 3.05) is 26.7 Å². The molecule has 0 bridgehead atoms. The number of likely N-dealkylation sites (N-methyl/N-ethyl adjacent to an activating group) is 1. The van der Waals surface area contributed by atoms with Crippen LogP contribution in [0.5, 0.6) is 0 Å². The number of nitrogens with zero attached hydrogens (tertiary/aromatic N) is 1. The van der Waals surface area contributed by atoms with E-state index in [-0.39, 0.29) is 0 Å². The van der Waals surface area contributed by atoms with Crippen LogP contribution in [-0.4, -0.2) is 37.6 Å². The number of rotatable bonds is 11. The van der Waals surface area contributed by atoms with E-state index in [4.69, 9.17) is 0 Å². The van der Waals surface area contributed by atoms with Crippen molar-refractivity contribution in [2.24, 2.45) is 11.8 Å². The van der Waals surface area contributed by atoms with Crippen LogP contribution >= 0.6 is 0 Å². The van der Waals surface area contributed by atoms with Gasteiger partial charge in [-0.05, 0) is 51.2 Å². The Hall–Kier alpha value is -0.0800. The van der Waals surface area contributed by atoms with Crippen LogP contribution < -0.4 is 5.32 Å². The molecule has 110 valence electrons. The van der Waals surface area contributed by atoms with Crippen LogP contribution in [0.1, 0.15) is 60.3 Å². The van der Waals surface area contributed by atoms with Gasteiger partial charge in [0.05, 0.1) is 0 Å². The molecule has 18 heavy (non-hydrogen) atoms. The van der Waals surface area contributed by atoms with Crippen LogP contribution in [0.2, 0.25) is 0 Å². The molecule has 1 atom stereocenters. The van der Waals surface area contributed by atoms with Crippen LogP contribution in [0.4, 0.5) is 0 Å². The van der Waals surface area contributed by atoms with Crippen molar-refractivity contribution in [1.82, 2.24) is 10.2 Å². The fraction of sp³-hybridized carbons (Fsp3) is 1.00. The Balaban J connectivity index is 4.16. The standard InChI is InChI=1S/C16H36N2/c1-7-8-16(17-6)13-18(11-9-14(2)3)12-10-15(4)5/h14-17H,7-13H2,1-6H3. The fourth-order valence-corrected chi connectivity index (χ4v) is 2.16. The first kappa shape index (κ1) is 17.9. The summed E-state index contributed by atoms with van der Waals surface area (Å²) in [5, 5.41) is 3.47. The summed E-state index contributed by atoms with van der Waals surface area (Å²) in [7, 11) is 2.10. The van der Waals surface area contributed by atoms with E-state index in [1.54, 1.807) is 0 Å². The predicted octanol–water partition coefficient (Wildman–Crippen LogP) is 3.77. The molecule has 0 aromatic heterocycles. The van der Waals surface area contributed by atoms with Crippen LogP contribution in [0.3, 0.4) is 0 Å². The second-order valence-corrected chi connectivity index (χ2v) is 6.44. The van der Waals surface area contributed by atoms with Gasteiger partial charge in [0.15, 0.2) is 0 Å². The molecule has 1 unspecified atom stereocenters. The normalized spacial score (nSPS) is 13.8. The summed E-state index contributed by atoms with van der Waals surface area (Å²) in [4.78, 5) is 2.66. The van der Waals surface area contributed by atoms with Gasteiger partial charge < -0.3 is 10.2 Å². The first-order chi connectivity index (χ1) is 8.49. The number of nitrogens with one attached hydrogen (secondary N) is 1.